The highest BCUT2D eigenvalue weighted by molar-refractivity contribution is 7.93. The maximum Gasteiger partial charge on any atom is 0.263 e. The van der Waals surface area contributed by atoms with Gasteiger partial charge in [0.05, 0.1) is 22.9 Å². The van der Waals surface area contributed by atoms with E-state index in [0.717, 1.165) is 0 Å². The lowest BCUT2D eigenvalue weighted by atomic mass is 10.1. The fourth-order valence-corrected chi connectivity index (χ4v) is 4.76. The molecule has 9 heteroatoms. The van der Waals surface area contributed by atoms with Gasteiger partial charge in [-0.05, 0) is 43.2 Å². The van der Waals surface area contributed by atoms with Crippen molar-refractivity contribution in [3.8, 4) is 0 Å². The summed E-state index contributed by atoms with van der Waals surface area (Å²) in [5, 5.41) is 3.04. The molecule has 0 saturated heterocycles. The van der Waals surface area contributed by atoms with E-state index >= 15 is 0 Å². The van der Waals surface area contributed by atoms with Crippen molar-refractivity contribution in [3.05, 3.63) is 57.1 Å². The molecule has 0 spiro atoms. The fraction of sp³-hybridized carbons (Fsp3) is 0.278. The molecule has 0 saturated carbocycles. The van der Waals surface area contributed by atoms with Gasteiger partial charge in [0.25, 0.3) is 15.9 Å². The largest absolute Gasteiger partial charge is 0.383 e. The standard InChI is InChI=1S/C18H20Cl2N2O4S/c1-11-10-14(19)12(2)17(16(11)20)27(24,25)22-15-7-5-4-6-13(15)18(23)21-8-9-26-3/h4-7,10,22H,8-9H2,1-3H3,(H,21,23). The van der Waals surface area contributed by atoms with E-state index in [-0.39, 0.29) is 21.2 Å². The van der Waals surface area contributed by atoms with Crippen molar-refractivity contribution < 1.29 is 17.9 Å². The Labute approximate surface area is 168 Å². The molecular weight excluding hydrogens is 411 g/mol. The zero-order chi connectivity index (χ0) is 20.2. The first kappa shape index (κ1) is 21.5. The van der Waals surface area contributed by atoms with E-state index in [1.807, 2.05) is 0 Å². The quantitative estimate of drug-likeness (QED) is 0.654. The molecule has 146 valence electrons. The van der Waals surface area contributed by atoms with Crippen LogP contribution < -0.4 is 10.0 Å². The van der Waals surface area contributed by atoms with Crippen molar-refractivity contribution in [2.24, 2.45) is 0 Å². The minimum absolute atomic E-state index is 0.0893. The predicted octanol–water partition coefficient (Wildman–Crippen LogP) is 3.79. The number of carbonyl (C=O) groups is 1. The van der Waals surface area contributed by atoms with E-state index in [1.165, 1.54) is 19.2 Å². The lowest BCUT2D eigenvalue weighted by Gasteiger charge is -2.16. The normalized spacial score (nSPS) is 11.3. The Bertz CT molecular complexity index is 936. The van der Waals surface area contributed by atoms with E-state index in [4.69, 9.17) is 27.9 Å². The summed E-state index contributed by atoms with van der Waals surface area (Å²) in [6, 6.07) is 7.91. The minimum Gasteiger partial charge on any atom is -0.383 e. The van der Waals surface area contributed by atoms with Crippen molar-refractivity contribution in [1.29, 1.82) is 0 Å². The molecule has 2 aromatic rings. The summed E-state index contributed by atoms with van der Waals surface area (Å²) in [5.74, 6) is -0.421. The number of ether oxygens (including phenoxy) is 1. The fourth-order valence-electron chi connectivity index (χ4n) is 2.46. The van der Waals surface area contributed by atoms with Gasteiger partial charge in [-0.15, -0.1) is 0 Å². The van der Waals surface area contributed by atoms with Crippen LogP contribution in [0.5, 0.6) is 0 Å². The summed E-state index contributed by atoms with van der Waals surface area (Å²) in [7, 11) is -2.55. The molecule has 0 atom stereocenters. The SMILES string of the molecule is COCCNC(=O)c1ccccc1NS(=O)(=O)c1c(C)c(Cl)cc(C)c1Cl. The number of amides is 1. The zero-order valence-corrected chi connectivity index (χ0v) is 17.4. The number of hydrogen-bond donors (Lipinski definition) is 2. The average Bonchev–Trinajstić information content (AvgIpc) is 2.60. The van der Waals surface area contributed by atoms with E-state index in [1.54, 1.807) is 32.0 Å². The molecule has 0 fully saturated rings. The maximum atomic E-state index is 13.0. The van der Waals surface area contributed by atoms with E-state index < -0.39 is 15.9 Å². The van der Waals surface area contributed by atoms with Crippen molar-refractivity contribution in [2.45, 2.75) is 18.7 Å². The molecule has 1 amide bonds. The van der Waals surface area contributed by atoms with Crippen molar-refractivity contribution in [2.75, 3.05) is 25.0 Å². The molecule has 0 heterocycles. The smallest absolute Gasteiger partial charge is 0.263 e. The molecule has 0 aliphatic heterocycles. The summed E-state index contributed by atoms with van der Waals surface area (Å²) >= 11 is 12.4. The first-order valence-electron chi connectivity index (χ1n) is 8.03. The summed E-state index contributed by atoms with van der Waals surface area (Å²) in [4.78, 5) is 12.2. The van der Waals surface area contributed by atoms with Gasteiger partial charge in [-0.1, -0.05) is 35.3 Å². The molecule has 2 rings (SSSR count). The van der Waals surface area contributed by atoms with Crippen LogP contribution >= 0.6 is 23.2 Å². The molecule has 0 aliphatic rings. The monoisotopic (exact) mass is 430 g/mol. The Morgan fingerprint density at radius 1 is 1.19 bits per heavy atom. The topological polar surface area (TPSA) is 84.5 Å². The number of methoxy groups -OCH3 is 1. The molecule has 6 nitrogen and oxygen atoms in total. The second-order valence-corrected chi connectivity index (χ2v) is 8.25. The highest BCUT2D eigenvalue weighted by atomic mass is 35.5. The molecule has 0 aromatic heterocycles. The summed E-state index contributed by atoms with van der Waals surface area (Å²) < 4.78 is 33.3. The van der Waals surface area contributed by atoms with Crippen LogP contribution in [-0.2, 0) is 14.8 Å². The van der Waals surface area contributed by atoms with Crippen LogP contribution in [0.3, 0.4) is 0 Å². The van der Waals surface area contributed by atoms with Crippen LogP contribution in [0.25, 0.3) is 0 Å². The van der Waals surface area contributed by atoms with E-state index in [9.17, 15) is 13.2 Å². The van der Waals surface area contributed by atoms with Gasteiger partial charge in [-0.3, -0.25) is 9.52 Å². The van der Waals surface area contributed by atoms with Gasteiger partial charge in [0.1, 0.15) is 4.90 Å². The van der Waals surface area contributed by atoms with E-state index in [2.05, 4.69) is 10.0 Å². The van der Waals surface area contributed by atoms with Gasteiger partial charge < -0.3 is 10.1 Å². The van der Waals surface area contributed by atoms with E-state index in [0.29, 0.717) is 29.3 Å². The maximum absolute atomic E-state index is 13.0. The third-order valence-corrected chi connectivity index (χ3v) is 6.39. The Kier molecular flexibility index (Phi) is 7.11. The van der Waals surface area contributed by atoms with Crippen LogP contribution in [0.15, 0.2) is 35.2 Å². The molecule has 0 radical (unpaired) electrons. The summed E-state index contributed by atoms with van der Waals surface area (Å²) in [6.07, 6.45) is 0. The Hall–Kier alpha value is -1.80. The zero-order valence-electron chi connectivity index (χ0n) is 15.1. The van der Waals surface area contributed by atoms with Gasteiger partial charge in [-0.25, -0.2) is 8.42 Å². The lowest BCUT2D eigenvalue weighted by molar-refractivity contribution is 0.0938. The number of anilines is 1. The number of para-hydroxylation sites is 1. The molecule has 27 heavy (non-hydrogen) atoms. The van der Waals surface area contributed by atoms with Crippen LogP contribution in [0.2, 0.25) is 10.0 Å². The molecular formula is C18H20Cl2N2O4S. The molecule has 0 bridgehead atoms. The number of carbonyl (C=O) groups excluding carboxylic acids is 1. The van der Waals surface area contributed by atoms with Crippen molar-refractivity contribution >= 4 is 44.8 Å². The van der Waals surface area contributed by atoms with Crippen LogP contribution in [0.1, 0.15) is 21.5 Å². The third-order valence-electron chi connectivity index (χ3n) is 3.86. The number of hydrogen-bond acceptors (Lipinski definition) is 4. The van der Waals surface area contributed by atoms with Gasteiger partial charge in [0.2, 0.25) is 0 Å². The first-order chi connectivity index (χ1) is 12.7. The number of rotatable bonds is 7. The van der Waals surface area contributed by atoms with Crippen LogP contribution in [0, 0.1) is 13.8 Å². The van der Waals surface area contributed by atoms with Crippen molar-refractivity contribution in [3.63, 3.8) is 0 Å². The first-order valence-corrected chi connectivity index (χ1v) is 10.3. The molecule has 0 aliphatic carbocycles. The molecule has 0 unspecified atom stereocenters. The number of sulfonamides is 1. The number of benzene rings is 2. The van der Waals surface area contributed by atoms with Crippen LogP contribution in [0.4, 0.5) is 5.69 Å². The van der Waals surface area contributed by atoms with Gasteiger partial charge >= 0.3 is 0 Å². The van der Waals surface area contributed by atoms with Gasteiger partial charge in [0.15, 0.2) is 0 Å². The molecule has 2 N–H and O–H groups in total. The lowest BCUT2D eigenvalue weighted by Crippen LogP contribution is -2.28. The average molecular weight is 431 g/mol. The molecule has 2 aromatic carbocycles. The predicted molar refractivity (Wildman–Crippen MR) is 107 cm³/mol. The summed E-state index contributed by atoms with van der Waals surface area (Å²) in [5.41, 5.74) is 1.20. The number of aryl methyl sites for hydroxylation is 1. The highest BCUT2D eigenvalue weighted by Gasteiger charge is 2.25. The number of halogens is 2. The van der Waals surface area contributed by atoms with Crippen molar-refractivity contribution in [1.82, 2.24) is 5.32 Å². The number of nitrogens with one attached hydrogen (secondary N) is 2. The Morgan fingerprint density at radius 3 is 2.52 bits per heavy atom. The van der Waals surface area contributed by atoms with Gasteiger partial charge in [0, 0.05) is 18.7 Å². The second-order valence-electron chi connectivity index (χ2n) is 5.84. The Morgan fingerprint density at radius 2 is 1.85 bits per heavy atom. The third kappa shape index (κ3) is 4.93. The summed E-state index contributed by atoms with van der Waals surface area (Å²) in [6.45, 7) is 3.89. The minimum atomic E-state index is -4.07. The van der Waals surface area contributed by atoms with Crippen LogP contribution in [-0.4, -0.2) is 34.6 Å². The Balaban J connectivity index is 2.42. The highest BCUT2D eigenvalue weighted by Crippen LogP contribution is 2.34. The van der Waals surface area contributed by atoms with Gasteiger partial charge in [-0.2, -0.15) is 0 Å². The second kappa shape index (κ2) is 8.93.